The summed E-state index contributed by atoms with van der Waals surface area (Å²) in [6, 6.07) is 11.9. The third kappa shape index (κ3) is 6.64. The highest BCUT2D eigenvalue weighted by molar-refractivity contribution is 8.04. The fourth-order valence-electron chi connectivity index (χ4n) is 3.61. The minimum Gasteiger partial charge on any atom is -0.355 e. The number of thioether (sulfide) groups is 1. The number of nitrogens with zero attached hydrogens (tertiary/aromatic N) is 2. The van der Waals surface area contributed by atoms with E-state index in [2.05, 4.69) is 24.1 Å². The van der Waals surface area contributed by atoms with E-state index in [9.17, 15) is 22.8 Å². The molecule has 0 spiro atoms. The predicted octanol–water partition coefficient (Wildman–Crippen LogP) is 5.03. The molecule has 3 rings (SSSR count). The molecule has 1 aliphatic rings. The van der Waals surface area contributed by atoms with Gasteiger partial charge in [-0.3, -0.25) is 14.5 Å². The highest BCUT2D eigenvalue weighted by atomic mass is 32.2. The summed E-state index contributed by atoms with van der Waals surface area (Å²) in [5.41, 5.74) is 0.367. The van der Waals surface area contributed by atoms with Crippen molar-refractivity contribution in [3.8, 4) is 0 Å². The number of carbonyl (C=O) groups excluding carboxylic acids is 2. The molecule has 2 aromatic rings. The Hall–Kier alpha value is -2.78. The van der Waals surface area contributed by atoms with Crippen LogP contribution in [0.15, 0.2) is 58.3 Å². The Morgan fingerprint density at radius 2 is 1.76 bits per heavy atom. The molecule has 1 heterocycles. The van der Waals surface area contributed by atoms with E-state index in [0.29, 0.717) is 22.7 Å². The Bertz CT molecular complexity index is 1030. The van der Waals surface area contributed by atoms with E-state index in [1.807, 2.05) is 12.1 Å². The zero-order chi connectivity index (χ0) is 24.7. The van der Waals surface area contributed by atoms with Crippen LogP contribution in [0.2, 0.25) is 0 Å². The van der Waals surface area contributed by atoms with E-state index >= 15 is 0 Å². The second-order valence-corrected chi connectivity index (χ2v) is 8.90. The van der Waals surface area contributed by atoms with Gasteiger partial charge in [-0.1, -0.05) is 49.9 Å². The molecule has 0 saturated carbocycles. The number of amides is 2. The van der Waals surface area contributed by atoms with E-state index in [1.165, 1.54) is 28.8 Å². The number of alkyl halides is 3. The van der Waals surface area contributed by atoms with Gasteiger partial charge in [0.25, 0.3) is 5.91 Å². The number of benzene rings is 2. The Balaban J connectivity index is 1.72. The zero-order valence-electron chi connectivity index (χ0n) is 19.2. The number of hydrogen-bond acceptors (Lipinski definition) is 4. The molecule has 0 unspecified atom stereocenters. The van der Waals surface area contributed by atoms with E-state index in [4.69, 9.17) is 0 Å². The van der Waals surface area contributed by atoms with Crippen LogP contribution in [-0.4, -0.2) is 49.4 Å². The maximum Gasteiger partial charge on any atom is 0.416 e. The van der Waals surface area contributed by atoms with Crippen molar-refractivity contribution in [1.29, 1.82) is 0 Å². The van der Waals surface area contributed by atoms with Gasteiger partial charge in [-0.25, -0.2) is 0 Å². The van der Waals surface area contributed by atoms with E-state index < -0.39 is 11.7 Å². The maximum absolute atomic E-state index is 13.2. The van der Waals surface area contributed by atoms with E-state index in [0.717, 1.165) is 43.1 Å². The van der Waals surface area contributed by atoms with Crippen molar-refractivity contribution in [1.82, 2.24) is 10.2 Å². The average molecular weight is 492 g/mol. The topological polar surface area (TPSA) is 52.7 Å². The second kappa shape index (κ2) is 11.6. The van der Waals surface area contributed by atoms with Crippen LogP contribution < -0.4 is 10.2 Å². The van der Waals surface area contributed by atoms with Gasteiger partial charge in [-0.2, -0.15) is 13.2 Å². The van der Waals surface area contributed by atoms with Gasteiger partial charge in [0, 0.05) is 11.4 Å². The first kappa shape index (κ1) is 25.8. The van der Waals surface area contributed by atoms with Crippen molar-refractivity contribution in [2.75, 3.05) is 37.6 Å². The van der Waals surface area contributed by atoms with Crippen molar-refractivity contribution in [2.45, 2.75) is 31.3 Å². The van der Waals surface area contributed by atoms with Crippen LogP contribution in [-0.2, 0) is 15.8 Å². The van der Waals surface area contributed by atoms with Gasteiger partial charge in [0.05, 0.1) is 16.2 Å². The lowest BCUT2D eigenvalue weighted by Crippen LogP contribution is -2.43. The lowest BCUT2D eigenvalue weighted by Gasteiger charge is -2.30. The molecule has 0 atom stereocenters. The van der Waals surface area contributed by atoms with Crippen molar-refractivity contribution < 1.29 is 22.8 Å². The van der Waals surface area contributed by atoms with Crippen LogP contribution in [0.25, 0.3) is 6.08 Å². The van der Waals surface area contributed by atoms with Gasteiger partial charge in [-0.15, -0.1) is 0 Å². The van der Waals surface area contributed by atoms with Crippen molar-refractivity contribution >= 4 is 35.3 Å². The number of hydrogen-bond donors (Lipinski definition) is 1. The molecule has 1 aliphatic heterocycles. The van der Waals surface area contributed by atoms with Crippen LogP contribution >= 0.6 is 11.8 Å². The van der Waals surface area contributed by atoms with E-state index in [-0.39, 0.29) is 18.4 Å². The maximum atomic E-state index is 13.2. The summed E-state index contributed by atoms with van der Waals surface area (Å²) in [5, 5.41) is 2.88. The van der Waals surface area contributed by atoms with Crippen molar-refractivity contribution in [3.63, 3.8) is 0 Å². The van der Waals surface area contributed by atoms with Crippen LogP contribution in [0.5, 0.6) is 0 Å². The van der Waals surface area contributed by atoms with Crippen LogP contribution in [0.4, 0.5) is 18.9 Å². The first-order valence-electron chi connectivity index (χ1n) is 11.2. The van der Waals surface area contributed by atoms with Gasteiger partial charge in [0.1, 0.15) is 6.54 Å². The average Bonchev–Trinajstić information content (AvgIpc) is 2.81. The molecular weight excluding hydrogens is 463 g/mol. The molecule has 2 aromatic carbocycles. The number of carbonyl (C=O) groups is 2. The van der Waals surface area contributed by atoms with Crippen LogP contribution in [0.3, 0.4) is 0 Å². The van der Waals surface area contributed by atoms with Gasteiger partial charge < -0.3 is 10.2 Å². The van der Waals surface area contributed by atoms with Crippen molar-refractivity contribution in [2.24, 2.45) is 0 Å². The largest absolute Gasteiger partial charge is 0.416 e. The molecule has 0 radical (unpaired) electrons. The molecule has 0 fully saturated rings. The molecule has 0 bridgehead atoms. The molecule has 2 amide bonds. The van der Waals surface area contributed by atoms with Crippen LogP contribution in [0.1, 0.15) is 31.4 Å². The molecule has 9 heteroatoms. The lowest BCUT2D eigenvalue weighted by atomic mass is 10.1. The molecule has 5 nitrogen and oxygen atoms in total. The van der Waals surface area contributed by atoms with E-state index in [1.54, 1.807) is 18.2 Å². The van der Waals surface area contributed by atoms with Crippen LogP contribution in [0, 0.1) is 0 Å². The summed E-state index contributed by atoms with van der Waals surface area (Å²) < 4.78 is 38.5. The summed E-state index contributed by atoms with van der Waals surface area (Å²) in [7, 11) is 0. The Morgan fingerprint density at radius 3 is 2.41 bits per heavy atom. The molecule has 0 aliphatic carbocycles. The monoisotopic (exact) mass is 491 g/mol. The van der Waals surface area contributed by atoms with Gasteiger partial charge in [0.15, 0.2) is 0 Å². The highest BCUT2D eigenvalue weighted by Crippen LogP contribution is 2.42. The van der Waals surface area contributed by atoms with Gasteiger partial charge in [0.2, 0.25) is 5.91 Å². The normalized spacial score (nSPS) is 15.1. The summed E-state index contributed by atoms with van der Waals surface area (Å²) in [6.07, 6.45) is -2.06. The molecule has 1 N–H and O–H groups in total. The predicted molar refractivity (Wildman–Crippen MR) is 129 cm³/mol. The third-order valence-electron chi connectivity index (χ3n) is 5.54. The zero-order valence-corrected chi connectivity index (χ0v) is 20.0. The SMILES string of the molecule is CCN(CC)CCCNC(=O)CN1C(=O)/C(=C\c2ccc(C(F)(F)F)cc2)Sc2ccccc21. The minimum absolute atomic E-state index is 0.133. The van der Waals surface area contributed by atoms with Gasteiger partial charge >= 0.3 is 6.18 Å². The molecule has 0 saturated heterocycles. The fraction of sp³-hybridized carbons (Fsp3) is 0.360. The minimum atomic E-state index is -4.42. The number of nitrogens with one attached hydrogen (secondary N) is 1. The number of rotatable bonds is 9. The standard InChI is InChI=1S/C25H28F3N3O2S/c1-3-30(4-2)15-7-14-29-23(32)17-31-20-8-5-6-9-21(20)34-22(24(31)33)16-18-10-12-19(13-11-18)25(26,27)28/h5-6,8-13,16H,3-4,7,14-15,17H2,1-2H3,(H,29,32)/b22-16+. The summed E-state index contributed by atoms with van der Waals surface area (Å²) in [6.45, 7) is 7.36. The Kier molecular flexibility index (Phi) is 8.79. The summed E-state index contributed by atoms with van der Waals surface area (Å²) in [4.78, 5) is 30.6. The number of para-hydroxylation sites is 1. The first-order chi connectivity index (χ1) is 16.2. The fourth-order valence-corrected chi connectivity index (χ4v) is 4.67. The number of fused-ring (bicyclic) bond motifs is 1. The molecule has 0 aromatic heterocycles. The third-order valence-corrected chi connectivity index (χ3v) is 6.61. The van der Waals surface area contributed by atoms with Crippen molar-refractivity contribution in [3.05, 3.63) is 64.6 Å². The molecule has 182 valence electrons. The quantitative estimate of drug-likeness (QED) is 0.395. The summed E-state index contributed by atoms with van der Waals surface area (Å²) >= 11 is 1.24. The first-order valence-corrected chi connectivity index (χ1v) is 12.0. The lowest BCUT2D eigenvalue weighted by molar-refractivity contribution is -0.137. The number of anilines is 1. The smallest absolute Gasteiger partial charge is 0.355 e. The number of halogens is 3. The van der Waals surface area contributed by atoms with Gasteiger partial charge in [-0.05, 0) is 62.0 Å². The summed E-state index contributed by atoms with van der Waals surface area (Å²) in [5.74, 6) is -0.620. The molecular formula is C25H28F3N3O2S. The second-order valence-electron chi connectivity index (χ2n) is 7.82. The highest BCUT2D eigenvalue weighted by Gasteiger charge is 2.31. The Morgan fingerprint density at radius 1 is 1.09 bits per heavy atom. The Labute approximate surface area is 202 Å². The molecule has 34 heavy (non-hydrogen) atoms.